The van der Waals surface area contributed by atoms with E-state index in [0.717, 1.165) is 6.07 Å². The molecule has 1 heterocycles. The first kappa shape index (κ1) is 15.1. The van der Waals surface area contributed by atoms with Gasteiger partial charge in [0.15, 0.2) is 0 Å². The van der Waals surface area contributed by atoms with E-state index < -0.39 is 17.5 Å². The number of aromatic nitrogens is 2. The summed E-state index contributed by atoms with van der Waals surface area (Å²) in [6, 6.07) is 8.97. The highest BCUT2D eigenvalue weighted by Crippen LogP contribution is 2.23. The fourth-order valence-electron chi connectivity index (χ4n) is 1.84. The Morgan fingerprint density at radius 2 is 1.96 bits per heavy atom. The highest BCUT2D eigenvalue weighted by atomic mass is 35.5. The van der Waals surface area contributed by atoms with Gasteiger partial charge in [0, 0.05) is 16.7 Å². The molecule has 116 valence electrons. The summed E-state index contributed by atoms with van der Waals surface area (Å²) in [5.74, 6) is -2.26. The number of halogens is 3. The minimum Gasteiger partial charge on any atom is -0.403 e. The van der Waals surface area contributed by atoms with Gasteiger partial charge in [-0.25, -0.2) is 8.78 Å². The molecule has 0 aliphatic heterocycles. The second-order valence-electron chi connectivity index (χ2n) is 4.50. The normalized spacial score (nSPS) is 10.6. The topological polar surface area (TPSA) is 68.0 Å². The van der Waals surface area contributed by atoms with E-state index in [1.54, 1.807) is 18.2 Å². The Morgan fingerprint density at radius 1 is 1.13 bits per heavy atom. The van der Waals surface area contributed by atoms with Crippen molar-refractivity contribution < 1.29 is 18.0 Å². The lowest BCUT2D eigenvalue weighted by Gasteiger charge is -2.01. The van der Waals surface area contributed by atoms with Crippen molar-refractivity contribution in [1.29, 1.82) is 0 Å². The van der Waals surface area contributed by atoms with E-state index in [1.165, 1.54) is 12.1 Å². The van der Waals surface area contributed by atoms with Crippen LogP contribution in [0.25, 0.3) is 11.5 Å². The molecule has 0 aliphatic rings. The summed E-state index contributed by atoms with van der Waals surface area (Å²) in [4.78, 5) is 12.0. The van der Waals surface area contributed by atoms with E-state index in [-0.39, 0.29) is 17.5 Å². The number of amides is 1. The molecule has 0 spiro atoms. The van der Waals surface area contributed by atoms with Crippen LogP contribution in [0.2, 0.25) is 5.02 Å². The largest absolute Gasteiger partial charge is 0.403 e. The molecule has 1 aromatic heterocycles. The number of anilines is 1. The Labute approximate surface area is 133 Å². The van der Waals surface area contributed by atoms with Gasteiger partial charge < -0.3 is 4.42 Å². The van der Waals surface area contributed by atoms with Crippen LogP contribution in [0, 0.1) is 11.6 Å². The van der Waals surface area contributed by atoms with Crippen molar-refractivity contribution in [3.05, 3.63) is 64.7 Å². The van der Waals surface area contributed by atoms with Gasteiger partial charge in [-0.05, 0) is 30.3 Å². The maximum Gasteiger partial charge on any atom is 0.322 e. The molecule has 5 nitrogen and oxygen atoms in total. The van der Waals surface area contributed by atoms with Crippen molar-refractivity contribution in [3.63, 3.8) is 0 Å². The third-order valence-electron chi connectivity index (χ3n) is 2.89. The second-order valence-corrected chi connectivity index (χ2v) is 4.94. The third-order valence-corrected chi connectivity index (χ3v) is 3.13. The van der Waals surface area contributed by atoms with Gasteiger partial charge in [0.25, 0.3) is 11.8 Å². The zero-order valence-electron chi connectivity index (χ0n) is 11.4. The molecule has 0 bridgehead atoms. The van der Waals surface area contributed by atoms with Crippen molar-refractivity contribution in [2.45, 2.75) is 0 Å². The molecule has 1 amide bonds. The number of carbonyl (C=O) groups excluding carboxylic acids is 1. The molecule has 1 N–H and O–H groups in total. The minimum absolute atomic E-state index is 0.0674. The highest BCUT2D eigenvalue weighted by molar-refractivity contribution is 6.31. The lowest BCUT2D eigenvalue weighted by atomic mass is 10.2. The average Bonchev–Trinajstić information content (AvgIpc) is 2.95. The zero-order chi connectivity index (χ0) is 16.4. The number of rotatable bonds is 3. The number of hydrogen-bond donors (Lipinski definition) is 1. The van der Waals surface area contributed by atoms with Gasteiger partial charge in [-0.15, -0.1) is 5.10 Å². The lowest BCUT2D eigenvalue weighted by Crippen LogP contribution is -2.11. The van der Waals surface area contributed by atoms with E-state index in [9.17, 15) is 13.6 Å². The number of nitrogens with zero attached hydrogens (tertiary/aromatic N) is 2. The monoisotopic (exact) mass is 335 g/mol. The Balaban J connectivity index is 1.81. The van der Waals surface area contributed by atoms with Crippen molar-refractivity contribution in [2.75, 3.05) is 5.32 Å². The van der Waals surface area contributed by atoms with Gasteiger partial charge in [-0.2, -0.15) is 0 Å². The number of benzene rings is 2. The summed E-state index contributed by atoms with van der Waals surface area (Å²) in [5.41, 5.74) is 0.229. The molecule has 0 unspecified atom stereocenters. The van der Waals surface area contributed by atoms with Crippen LogP contribution in [-0.4, -0.2) is 16.1 Å². The van der Waals surface area contributed by atoms with E-state index >= 15 is 0 Å². The maximum absolute atomic E-state index is 13.6. The van der Waals surface area contributed by atoms with Gasteiger partial charge in [0.2, 0.25) is 0 Å². The summed E-state index contributed by atoms with van der Waals surface area (Å²) >= 11 is 5.80. The number of hydrogen-bond acceptors (Lipinski definition) is 4. The summed E-state index contributed by atoms with van der Waals surface area (Å²) in [5, 5.41) is 10.00. The Hall–Kier alpha value is -2.80. The molecule has 0 radical (unpaired) electrons. The first-order valence-electron chi connectivity index (χ1n) is 6.39. The standard InChI is InChI=1S/C15H8ClF2N3O2/c16-9-3-1-2-8(6-9)13(22)19-15-21-20-14(23-15)11-5-4-10(17)7-12(11)18/h1-7H,(H,19,21,22). The smallest absolute Gasteiger partial charge is 0.322 e. The zero-order valence-corrected chi connectivity index (χ0v) is 12.1. The van der Waals surface area contributed by atoms with Crippen LogP contribution in [0.15, 0.2) is 46.9 Å². The lowest BCUT2D eigenvalue weighted by molar-refractivity contribution is 0.102. The maximum atomic E-state index is 13.6. The molecule has 0 fully saturated rings. The first-order chi connectivity index (χ1) is 11.0. The molecule has 0 atom stereocenters. The van der Waals surface area contributed by atoms with Crippen LogP contribution < -0.4 is 5.32 Å². The van der Waals surface area contributed by atoms with E-state index in [4.69, 9.17) is 16.0 Å². The third kappa shape index (κ3) is 3.35. The van der Waals surface area contributed by atoms with E-state index in [1.807, 2.05) is 0 Å². The molecule has 3 aromatic rings. The van der Waals surface area contributed by atoms with Crippen molar-refractivity contribution in [1.82, 2.24) is 10.2 Å². The molecule has 23 heavy (non-hydrogen) atoms. The fourth-order valence-corrected chi connectivity index (χ4v) is 2.03. The van der Waals surface area contributed by atoms with Crippen LogP contribution in [0.3, 0.4) is 0 Å². The molecule has 8 heteroatoms. The Bertz CT molecular complexity index is 883. The van der Waals surface area contributed by atoms with Gasteiger partial charge in [-0.1, -0.05) is 22.8 Å². The van der Waals surface area contributed by atoms with Gasteiger partial charge >= 0.3 is 6.01 Å². The predicted molar refractivity (Wildman–Crippen MR) is 79.1 cm³/mol. The summed E-state index contributed by atoms with van der Waals surface area (Å²) in [6.07, 6.45) is 0. The predicted octanol–water partition coefficient (Wildman–Crippen LogP) is 3.92. The summed E-state index contributed by atoms with van der Waals surface area (Å²) in [7, 11) is 0. The Morgan fingerprint density at radius 3 is 2.70 bits per heavy atom. The minimum atomic E-state index is -0.846. The van der Waals surface area contributed by atoms with Crippen molar-refractivity contribution >= 4 is 23.5 Å². The van der Waals surface area contributed by atoms with Crippen molar-refractivity contribution in [3.8, 4) is 11.5 Å². The molecule has 0 saturated carbocycles. The Kier molecular flexibility index (Phi) is 4.03. The van der Waals surface area contributed by atoms with Gasteiger partial charge in [-0.3, -0.25) is 10.1 Å². The molecule has 0 aliphatic carbocycles. The highest BCUT2D eigenvalue weighted by Gasteiger charge is 2.16. The first-order valence-corrected chi connectivity index (χ1v) is 6.76. The molecule has 3 rings (SSSR count). The van der Waals surface area contributed by atoms with Gasteiger partial charge in [0.1, 0.15) is 11.6 Å². The van der Waals surface area contributed by atoms with E-state index in [0.29, 0.717) is 16.7 Å². The van der Waals surface area contributed by atoms with Crippen molar-refractivity contribution in [2.24, 2.45) is 0 Å². The molecular weight excluding hydrogens is 328 g/mol. The van der Waals surface area contributed by atoms with Gasteiger partial charge in [0.05, 0.1) is 5.56 Å². The summed E-state index contributed by atoms with van der Waals surface area (Å²) in [6.45, 7) is 0. The quantitative estimate of drug-likeness (QED) is 0.787. The molecule has 0 saturated heterocycles. The van der Waals surface area contributed by atoms with Crippen LogP contribution in [-0.2, 0) is 0 Å². The number of nitrogens with one attached hydrogen (secondary N) is 1. The van der Waals surface area contributed by atoms with Crippen LogP contribution >= 0.6 is 11.6 Å². The average molecular weight is 336 g/mol. The van der Waals surface area contributed by atoms with Crippen LogP contribution in [0.4, 0.5) is 14.8 Å². The SMILES string of the molecule is O=C(Nc1nnc(-c2ccc(F)cc2F)o1)c1cccc(Cl)c1. The molecular formula is C15H8ClF2N3O2. The number of carbonyl (C=O) groups is 1. The summed E-state index contributed by atoms with van der Waals surface area (Å²) < 4.78 is 31.7. The van der Waals surface area contributed by atoms with Crippen LogP contribution in [0.5, 0.6) is 0 Å². The molecule has 2 aromatic carbocycles. The second kappa shape index (κ2) is 6.13. The van der Waals surface area contributed by atoms with Crippen LogP contribution in [0.1, 0.15) is 10.4 Å². The van der Waals surface area contributed by atoms with E-state index in [2.05, 4.69) is 15.5 Å². The fraction of sp³-hybridized carbons (Fsp3) is 0.